The van der Waals surface area contributed by atoms with Crippen LogP contribution in [0.3, 0.4) is 0 Å². The number of carbonyl (C=O) groups excluding carboxylic acids is 2. The third-order valence-corrected chi connectivity index (χ3v) is 9.40. The molecule has 0 aromatic heterocycles. The molecule has 1 aliphatic carbocycles. The maximum Gasteiger partial charge on any atom is 0.243 e. The quantitative estimate of drug-likeness (QED) is 0.346. The Hall–Kier alpha value is -3.20. The first-order chi connectivity index (χ1) is 19.1. The fraction of sp³-hybridized carbons (Fsp3) is 0.355. The Bertz CT molecular complexity index is 1390. The Balaban J connectivity index is 1.65. The first kappa shape index (κ1) is 29.8. The second-order valence-corrected chi connectivity index (χ2v) is 12.9. The molecule has 0 bridgehead atoms. The average molecular weight is 582 g/mol. The van der Waals surface area contributed by atoms with Gasteiger partial charge in [-0.15, -0.1) is 0 Å². The lowest BCUT2D eigenvalue weighted by Crippen LogP contribution is -2.54. The van der Waals surface area contributed by atoms with Crippen LogP contribution in [-0.2, 0) is 32.6 Å². The van der Waals surface area contributed by atoms with E-state index in [0.29, 0.717) is 11.4 Å². The van der Waals surface area contributed by atoms with E-state index in [9.17, 15) is 18.0 Å². The van der Waals surface area contributed by atoms with Crippen LogP contribution in [0.1, 0.15) is 42.4 Å². The van der Waals surface area contributed by atoms with Crippen molar-refractivity contribution in [1.82, 2.24) is 14.5 Å². The summed E-state index contributed by atoms with van der Waals surface area (Å²) >= 11 is 6.10. The molecule has 0 radical (unpaired) electrons. The van der Waals surface area contributed by atoms with Crippen molar-refractivity contribution in [1.29, 1.82) is 0 Å². The molecule has 0 heterocycles. The fourth-order valence-corrected chi connectivity index (χ4v) is 6.21. The zero-order chi connectivity index (χ0) is 28.7. The van der Waals surface area contributed by atoms with E-state index in [0.717, 1.165) is 46.7 Å². The molecule has 1 N–H and O–H groups in total. The summed E-state index contributed by atoms with van der Waals surface area (Å²) in [5.74, 6) is -0.697. The lowest BCUT2D eigenvalue weighted by atomic mass is 10.0. The Morgan fingerprint density at radius 3 is 2.17 bits per heavy atom. The summed E-state index contributed by atoms with van der Waals surface area (Å²) in [6.07, 6.45) is 4.23. The summed E-state index contributed by atoms with van der Waals surface area (Å²) in [4.78, 5) is 29.3. The molecule has 7 nitrogen and oxygen atoms in total. The lowest BCUT2D eigenvalue weighted by Gasteiger charge is -2.33. The van der Waals surface area contributed by atoms with Crippen molar-refractivity contribution < 1.29 is 18.0 Å². The largest absolute Gasteiger partial charge is 0.352 e. The van der Waals surface area contributed by atoms with Gasteiger partial charge in [0.25, 0.3) is 0 Å². The monoisotopic (exact) mass is 581 g/mol. The SMILES string of the molecule is Cc1ccc(S(=O)(=O)N(C)CC(=O)N(Cc2ccc(Cl)cc2)[C@@H](Cc2ccccc2)C(=O)NC2CCCC2)cc1. The molecular weight excluding hydrogens is 546 g/mol. The molecule has 1 aliphatic rings. The predicted molar refractivity (Wildman–Crippen MR) is 157 cm³/mol. The number of aryl methyl sites for hydroxylation is 1. The van der Waals surface area contributed by atoms with Gasteiger partial charge in [-0.25, -0.2) is 8.42 Å². The van der Waals surface area contributed by atoms with Crippen LogP contribution in [0.4, 0.5) is 0 Å². The van der Waals surface area contributed by atoms with E-state index in [2.05, 4.69) is 5.32 Å². The minimum absolute atomic E-state index is 0.0721. The molecular formula is C31H36ClN3O4S. The van der Waals surface area contributed by atoms with Crippen LogP contribution in [0.25, 0.3) is 0 Å². The summed E-state index contributed by atoms with van der Waals surface area (Å²) in [6, 6.07) is 22.4. The van der Waals surface area contributed by atoms with Gasteiger partial charge >= 0.3 is 0 Å². The van der Waals surface area contributed by atoms with Gasteiger partial charge in [0.2, 0.25) is 21.8 Å². The highest BCUT2D eigenvalue weighted by Crippen LogP contribution is 2.22. The summed E-state index contributed by atoms with van der Waals surface area (Å²) < 4.78 is 27.6. The minimum Gasteiger partial charge on any atom is -0.352 e. The number of hydrogen-bond acceptors (Lipinski definition) is 4. The summed E-state index contributed by atoms with van der Waals surface area (Å²) in [6.45, 7) is 1.59. The first-order valence-electron chi connectivity index (χ1n) is 13.5. The highest BCUT2D eigenvalue weighted by molar-refractivity contribution is 7.89. The number of halogens is 1. The van der Waals surface area contributed by atoms with E-state index in [-0.39, 0.29) is 23.4 Å². The Morgan fingerprint density at radius 1 is 0.925 bits per heavy atom. The summed E-state index contributed by atoms with van der Waals surface area (Å²) in [5.41, 5.74) is 2.63. The van der Waals surface area contributed by atoms with E-state index in [4.69, 9.17) is 11.6 Å². The maximum atomic E-state index is 13.9. The van der Waals surface area contributed by atoms with Crippen molar-refractivity contribution in [3.63, 3.8) is 0 Å². The van der Waals surface area contributed by atoms with Crippen LogP contribution < -0.4 is 5.32 Å². The number of sulfonamides is 1. The first-order valence-corrected chi connectivity index (χ1v) is 15.4. The Morgan fingerprint density at radius 2 is 1.55 bits per heavy atom. The molecule has 0 aliphatic heterocycles. The lowest BCUT2D eigenvalue weighted by molar-refractivity contribution is -0.141. The van der Waals surface area contributed by atoms with Gasteiger partial charge in [-0.2, -0.15) is 4.31 Å². The molecule has 40 heavy (non-hydrogen) atoms. The zero-order valence-electron chi connectivity index (χ0n) is 22.9. The maximum absolute atomic E-state index is 13.9. The number of carbonyl (C=O) groups is 2. The van der Waals surface area contributed by atoms with Crippen molar-refractivity contribution in [2.75, 3.05) is 13.6 Å². The second kappa shape index (κ2) is 13.4. The summed E-state index contributed by atoms with van der Waals surface area (Å²) in [5, 5.41) is 3.72. The van der Waals surface area contributed by atoms with E-state index < -0.39 is 28.5 Å². The number of benzene rings is 3. The number of likely N-dealkylation sites (N-methyl/N-ethyl adjacent to an activating group) is 1. The highest BCUT2D eigenvalue weighted by Gasteiger charge is 2.34. The molecule has 1 saturated carbocycles. The van der Waals surface area contributed by atoms with Crippen LogP contribution in [0, 0.1) is 6.92 Å². The number of nitrogens with zero attached hydrogens (tertiary/aromatic N) is 2. The standard InChI is InChI=1S/C31H36ClN3O4S/c1-23-12-18-28(19-13-23)40(38,39)34(2)22-30(36)35(21-25-14-16-26(32)17-15-25)29(20-24-8-4-3-5-9-24)31(37)33-27-10-6-7-11-27/h3-5,8-9,12-19,27,29H,6-7,10-11,20-22H2,1-2H3,(H,33,37)/t29-/m0/s1. The highest BCUT2D eigenvalue weighted by atomic mass is 35.5. The molecule has 2 amide bonds. The molecule has 0 saturated heterocycles. The van der Waals surface area contributed by atoms with Gasteiger partial charge in [-0.1, -0.05) is 84.6 Å². The van der Waals surface area contributed by atoms with E-state index in [1.54, 1.807) is 24.3 Å². The van der Waals surface area contributed by atoms with Gasteiger partial charge in [0.1, 0.15) is 6.04 Å². The number of rotatable bonds is 11. The van der Waals surface area contributed by atoms with Gasteiger partial charge in [-0.3, -0.25) is 9.59 Å². The molecule has 1 atom stereocenters. The van der Waals surface area contributed by atoms with Gasteiger partial charge in [0, 0.05) is 31.1 Å². The average Bonchev–Trinajstić information content (AvgIpc) is 3.45. The summed E-state index contributed by atoms with van der Waals surface area (Å²) in [7, 11) is -2.53. The van der Waals surface area contributed by atoms with Gasteiger partial charge in [-0.05, 0) is 55.2 Å². The molecule has 212 valence electrons. The van der Waals surface area contributed by atoms with E-state index in [1.807, 2.05) is 49.4 Å². The molecule has 1 fully saturated rings. The van der Waals surface area contributed by atoms with Crippen molar-refractivity contribution in [2.45, 2.75) is 62.6 Å². The predicted octanol–water partition coefficient (Wildman–Crippen LogP) is 4.97. The van der Waals surface area contributed by atoms with Crippen molar-refractivity contribution >= 4 is 33.4 Å². The van der Waals surface area contributed by atoms with E-state index in [1.165, 1.54) is 24.1 Å². The number of hydrogen-bond donors (Lipinski definition) is 1. The van der Waals surface area contributed by atoms with E-state index >= 15 is 0 Å². The minimum atomic E-state index is -3.92. The fourth-order valence-electron chi connectivity index (χ4n) is 4.96. The van der Waals surface area contributed by atoms with Gasteiger partial charge in [0.05, 0.1) is 11.4 Å². The molecule has 9 heteroatoms. The van der Waals surface area contributed by atoms with Gasteiger partial charge in [0.15, 0.2) is 0 Å². The van der Waals surface area contributed by atoms with Gasteiger partial charge < -0.3 is 10.2 Å². The van der Waals surface area contributed by atoms with Crippen molar-refractivity contribution in [2.24, 2.45) is 0 Å². The zero-order valence-corrected chi connectivity index (χ0v) is 24.5. The molecule has 3 aromatic carbocycles. The Kier molecular flexibility index (Phi) is 10.0. The second-order valence-electron chi connectivity index (χ2n) is 10.4. The number of nitrogens with one attached hydrogen (secondary N) is 1. The molecule has 3 aromatic rings. The van der Waals surface area contributed by atoms with Crippen LogP contribution in [0.5, 0.6) is 0 Å². The van der Waals surface area contributed by atoms with Crippen molar-refractivity contribution in [3.8, 4) is 0 Å². The third kappa shape index (κ3) is 7.71. The third-order valence-electron chi connectivity index (χ3n) is 7.33. The topological polar surface area (TPSA) is 86.8 Å². The van der Waals surface area contributed by atoms with Crippen LogP contribution in [0.15, 0.2) is 83.8 Å². The van der Waals surface area contributed by atoms with Crippen LogP contribution >= 0.6 is 11.6 Å². The van der Waals surface area contributed by atoms with Crippen LogP contribution in [-0.4, -0.2) is 55.1 Å². The Labute approximate surface area is 242 Å². The van der Waals surface area contributed by atoms with Crippen LogP contribution in [0.2, 0.25) is 5.02 Å². The molecule has 0 unspecified atom stereocenters. The number of amides is 2. The molecule has 0 spiro atoms. The molecule has 4 rings (SSSR count). The van der Waals surface area contributed by atoms with Crippen molar-refractivity contribution in [3.05, 3.63) is 101 Å². The smallest absolute Gasteiger partial charge is 0.243 e. The normalized spacial score (nSPS) is 14.7.